The van der Waals surface area contributed by atoms with E-state index in [1.54, 1.807) is 31.2 Å². The van der Waals surface area contributed by atoms with E-state index in [4.69, 9.17) is 22.1 Å². The molecule has 4 rings (SSSR count). The lowest BCUT2D eigenvalue weighted by atomic mass is 10.1. The van der Waals surface area contributed by atoms with Crippen molar-refractivity contribution in [1.82, 2.24) is 4.40 Å². The molecule has 0 fully saturated rings. The standard InChI is InChI=1S/C22H19ClN2O3S/c1-4-28-22(27)15-17-12(3)9-11(2)10-25(17)18-16(24)21(29-20(15)18)19(26)13-5-7-14(23)8-6-13/h5-10H,4,24H2,1-3H3. The molecule has 0 unspecified atom stereocenters. The van der Waals surface area contributed by atoms with Crippen LogP contribution in [0.2, 0.25) is 5.02 Å². The summed E-state index contributed by atoms with van der Waals surface area (Å²) in [7, 11) is 0. The van der Waals surface area contributed by atoms with Crippen LogP contribution < -0.4 is 5.73 Å². The predicted molar refractivity (Wildman–Crippen MR) is 118 cm³/mol. The number of fused-ring (bicyclic) bond motifs is 3. The molecule has 0 radical (unpaired) electrons. The first kappa shape index (κ1) is 19.5. The molecule has 0 aliphatic heterocycles. The fourth-order valence-electron chi connectivity index (χ4n) is 3.64. The Balaban J connectivity index is 2.02. The van der Waals surface area contributed by atoms with Crippen molar-refractivity contribution in [3.63, 3.8) is 0 Å². The van der Waals surface area contributed by atoms with Gasteiger partial charge >= 0.3 is 5.97 Å². The maximum Gasteiger partial charge on any atom is 0.341 e. The summed E-state index contributed by atoms with van der Waals surface area (Å²) in [6.07, 6.45) is 1.92. The van der Waals surface area contributed by atoms with Gasteiger partial charge in [0.15, 0.2) is 0 Å². The number of carbonyl (C=O) groups excluding carboxylic acids is 2. The van der Waals surface area contributed by atoms with Crippen LogP contribution in [0, 0.1) is 13.8 Å². The molecule has 0 bridgehead atoms. The number of rotatable bonds is 4. The number of ether oxygens (including phenoxy) is 1. The number of esters is 1. The number of anilines is 1. The highest BCUT2D eigenvalue weighted by Gasteiger charge is 2.28. The normalized spacial score (nSPS) is 11.3. The van der Waals surface area contributed by atoms with Gasteiger partial charge in [-0.2, -0.15) is 0 Å². The molecule has 0 spiro atoms. The summed E-state index contributed by atoms with van der Waals surface area (Å²) in [5, 5.41) is 0.552. The molecule has 1 aromatic carbocycles. The van der Waals surface area contributed by atoms with Crippen LogP contribution in [0.25, 0.3) is 15.7 Å². The lowest BCUT2D eigenvalue weighted by Gasteiger charge is -2.07. The van der Waals surface area contributed by atoms with Crippen LogP contribution in [0.4, 0.5) is 5.69 Å². The molecule has 5 nitrogen and oxygen atoms in total. The van der Waals surface area contributed by atoms with Crippen molar-refractivity contribution in [3.8, 4) is 0 Å². The lowest BCUT2D eigenvalue weighted by Crippen LogP contribution is -2.06. The maximum atomic E-state index is 13.1. The van der Waals surface area contributed by atoms with E-state index in [1.807, 2.05) is 30.5 Å². The van der Waals surface area contributed by atoms with Gasteiger partial charge in [0, 0.05) is 16.8 Å². The van der Waals surface area contributed by atoms with Gasteiger partial charge in [-0.15, -0.1) is 11.3 Å². The van der Waals surface area contributed by atoms with Gasteiger partial charge in [0.25, 0.3) is 0 Å². The third-order valence-electron chi connectivity index (χ3n) is 4.81. The van der Waals surface area contributed by atoms with E-state index >= 15 is 0 Å². The van der Waals surface area contributed by atoms with Crippen molar-refractivity contribution in [1.29, 1.82) is 0 Å². The summed E-state index contributed by atoms with van der Waals surface area (Å²) >= 11 is 7.16. The van der Waals surface area contributed by atoms with Gasteiger partial charge in [-0.1, -0.05) is 17.7 Å². The van der Waals surface area contributed by atoms with Crippen LogP contribution in [0.5, 0.6) is 0 Å². The van der Waals surface area contributed by atoms with E-state index in [1.165, 1.54) is 11.3 Å². The van der Waals surface area contributed by atoms with E-state index in [0.717, 1.165) is 16.6 Å². The fourth-order valence-corrected chi connectivity index (χ4v) is 4.98. The van der Waals surface area contributed by atoms with Gasteiger partial charge < -0.3 is 14.9 Å². The summed E-state index contributed by atoms with van der Waals surface area (Å²) in [5.74, 6) is -0.619. The molecule has 2 N–H and O–H groups in total. The molecule has 0 saturated heterocycles. The Bertz CT molecular complexity index is 1290. The zero-order valence-corrected chi connectivity index (χ0v) is 17.8. The number of hydrogen-bond acceptors (Lipinski definition) is 5. The Hall–Kier alpha value is -2.83. The molecule has 3 heterocycles. The third kappa shape index (κ3) is 3.09. The van der Waals surface area contributed by atoms with Gasteiger partial charge in [0.1, 0.15) is 10.4 Å². The number of halogens is 1. The van der Waals surface area contributed by atoms with Gasteiger partial charge in [-0.3, -0.25) is 4.79 Å². The van der Waals surface area contributed by atoms with Crippen molar-refractivity contribution in [2.45, 2.75) is 20.8 Å². The Morgan fingerprint density at radius 3 is 2.52 bits per heavy atom. The Morgan fingerprint density at radius 1 is 1.17 bits per heavy atom. The van der Waals surface area contributed by atoms with Crippen molar-refractivity contribution in [2.75, 3.05) is 12.3 Å². The number of pyridine rings is 1. The summed E-state index contributed by atoms with van der Waals surface area (Å²) in [6.45, 7) is 5.96. The zero-order chi connectivity index (χ0) is 20.9. The molecule has 0 amide bonds. The number of aryl methyl sites for hydroxylation is 2. The number of nitrogens with zero attached hydrogens (tertiary/aromatic N) is 1. The van der Waals surface area contributed by atoms with E-state index in [2.05, 4.69) is 0 Å². The van der Waals surface area contributed by atoms with Crippen molar-refractivity contribution < 1.29 is 14.3 Å². The number of ketones is 1. The third-order valence-corrected chi connectivity index (χ3v) is 6.27. The average Bonchev–Trinajstić information content (AvgIpc) is 3.17. The number of benzene rings is 1. The minimum absolute atomic E-state index is 0.201. The van der Waals surface area contributed by atoms with Gasteiger partial charge in [-0.25, -0.2) is 4.79 Å². The van der Waals surface area contributed by atoms with Crippen molar-refractivity contribution >= 4 is 56.1 Å². The molecule has 0 aliphatic rings. The number of hydrogen-bond donors (Lipinski definition) is 1. The van der Waals surface area contributed by atoms with Crippen LogP contribution in [-0.2, 0) is 4.74 Å². The molecule has 3 aromatic heterocycles. The van der Waals surface area contributed by atoms with Crippen LogP contribution in [0.3, 0.4) is 0 Å². The second kappa shape index (κ2) is 7.21. The molecule has 0 saturated carbocycles. The lowest BCUT2D eigenvalue weighted by molar-refractivity contribution is 0.0531. The van der Waals surface area contributed by atoms with Gasteiger partial charge in [0.2, 0.25) is 5.78 Å². The van der Waals surface area contributed by atoms with Crippen molar-refractivity contribution in [2.24, 2.45) is 0 Å². The molecule has 0 atom stereocenters. The summed E-state index contributed by atoms with van der Waals surface area (Å²) in [5.41, 5.74) is 11.1. The van der Waals surface area contributed by atoms with Crippen LogP contribution in [-0.4, -0.2) is 22.8 Å². The quantitative estimate of drug-likeness (QED) is 0.349. The number of carbonyl (C=O) groups is 2. The SMILES string of the molecule is CCOC(=O)c1c2sc(C(=O)c3ccc(Cl)cc3)c(N)c2n2cc(C)cc(C)c12. The van der Waals surface area contributed by atoms with E-state index in [-0.39, 0.29) is 12.4 Å². The molecule has 148 valence electrons. The summed E-state index contributed by atoms with van der Waals surface area (Å²) in [6, 6.07) is 8.68. The Labute approximate surface area is 176 Å². The van der Waals surface area contributed by atoms with Crippen LogP contribution in [0.15, 0.2) is 36.5 Å². The maximum absolute atomic E-state index is 13.1. The highest BCUT2D eigenvalue weighted by Crippen LogP contribution is 2.41. The first-order valence-electron chi connectivity index (χ1n) is 9.14. The number of thiophene rings is 1. The molecule has 29 heavy (non-hydrogen) atoms. The highest BCUT2D eigenvalue weighted by molar-refractivity contribution is 7.22. The second-order valence-corrected chi connectivity index (χ2v) is 8.33. The summed E-state index contributed by atoms with van der Waals surface area (Å²) in [4.78, 5) is 26.3. The van der Waals surface area contributed by atoms with Crippen LogP contribution >= 0.6 is 22.9 Å². The molecule has 7 heteroatoms. The van der Waals surface area contributed by atoms with E-state index < -0.39 is 5.97 Å². The highest BCUT2D eigenvalue weighted by atomic mass is 35.5. The molecule has 0 aliphatic carbocycles. The van der Waals surface area contributed by atoms with E-state index in [0.29, 0.717) is 36.9 Å². The molecular formula is C22H19ClN2O3S. The number of nitrogens with two attached hydrogens (primary N) is 1. The zero-order valence-electron chi connectivity index (χ0n) is 16.2. The topological polar surface area (TPSA) is 73.8 Å². The number of nitrogen functional groups attached to an aromatic ring is 1. The van der Waals surface area contributed by atoms with Gasteiger partial charge in [-0.05, 0) is 56.2 Å². The minimum atomic E-state index is -0.418. The first-order chi connectivity index (χ1) is 13.8. The molecule has 4 aromatic rings. The smallest absolute Gasteiger partial charge is 0.341 e. The largest absolute Gasteiger partial charge is 0.462 e. The molecular weight excluding hydrogens is 408 g/mol. The average molecular weight is 427 g/mol. The first-order valence-corrected chi connectivity index (χ1v) is 10.3. The number of aromatic nitrogens is 1. The van der Waals surface area contributed by atoms with Crippen LogP contribution in [0.1, 0.15) is 43.6 Å². The second-order valence-electron chi connectivity index (χ2n) is 6.87. The van der Waals surface area contributed by atoms with Gasteiger partial charge in [0.05, 0.1) is 28.0 Å². The van der Waals surface area contributed by atoms with Crippen molar-refractivity contribution in [3.05, 3.63) is 68.7 Å². The minimum Gasteiger partial charge on any atom is -0.462 e. The summed E-state index contributed by atoms with van der Waals surface area (Å²) < 4.78 is 7.87. The Kier molecular flexibility index (Phi) is 4.84. The van der Waals surface area contributed by atoms with E-state index in [9.17, 15) is 9.59 Å². The predicted octanol–water partition coefficient (Wildman–Crippen LogP) is 5.41. The Morgan fingerprint density at radius 2 is 1.86 bits per heavy atom. The monoisotopic (exact) mass is 426 g/mol. The fraction of sp³-hybridized carbons (Fsp3) is 0.182.